The highest BCUT2D eigenvalue weighted by molar-refractivity contribution is 6.36. The van der Waals surface area contributed by atoms with E-state index in [0.29, 0.717) is 47.9 Å². The van der Waals surface area contributed by atoms with E-state index in [1.54, 1.807) is 38.3 Å². The van der Waals surface area contributed by atoms with Gasteiger partial charge in [0.15, 0.2) is 11.5 Å². The summed E-state index contributed by atoms with van der Waals surface area (Å²) >= 11 is 12.6. The summed E-state index contributed by atoms with van der Waals surface area (Å²) in [5.41, 5.74) is 1.34. The summed E-state index contributed by atoms with van der Waals surface area (Å²) in [5, 5.41) is 1.07. The largest absolute Gasteiger partial charge is 0.385 e. The van der Waals surface area contributed by atoms with E-state index in [4.69, 9.17) is 37.7 Å². The Kier molecular flexibility index (Phi) is 7.63. The fourth-order valence-electron chi connectivity index (χ4n) is 3.82. The lowest BCUT2D eigenvalue weighted by Crippen LogP contribution is -2.43. The Morgan fingerprint density at radius 3 is 2.40 bits per heavy atom. The number of ether oxygens (including phenoxy) is 2. The molecular weight excluding hydrogens is 427 g/mol. The van der Waals surface area contributed by atoms with Gasteiger partial charge in [-0.05, 0) is 31.0 Å². The average molecular weight is 455 g/mol. The quantitative estimate of drug-likeness (QED) is 0.556. The Labute approximate surface area is 187 Å². The van der Waals surface area contributed by atoms with Crippen LogP contribution in [0.15, 0.2) is 18.2 Å². The zero-order valence-corrected chi connectivity index (χ0v) is 19.3. The highest BCUT2D eigenvalue weighted by Crippen LogP contribution is 2.39. The van der Waals surface area contributed by atoms with E-state index < -0.39 is 0 Å². The van der Waals surface area contributed by atoms with Crippen LogP contribution in [0.25, 0.3) is 0 Å². The molecular formula is C21H28Cl2N4O3. The number of carbonyl (C=O) groups is 1. The van der Waals surface area contributed by atoms with Gasteiger partial charge in [-0.15, -0.1) is 0 Å². The fraction of sp³-hybridized carbons (Fsp3) is 0.524. The van der Waals surface area contributed by atoms with Crippen molar-refractivity contribution in [3.63, 3.8) is 0 Å². The molecule has 1 aliphatic rings. The molecule has 0 radical (unpaired) electrons. The molecule has 0 fully saturated rings. The SMILES string of the molecule is CCc1nc2c(n1C(CCOC)CCOC)C(=O)N(C)CN2c1ccc(Cl)cc1Cl. The van der Waals surface area contributed by atoms with Crippen molar-refractivity contribution in [3.05, 3.63) is 39.8 Å². The van der Waals surface area contributed by atoms with E-state index in [0.717, 1.165) is 24.4 Å². The topological polar surface area (TPSA) is 59.8 Å². The van der Waals surface area contributed by atoms with Gasteiger partial charge in [-0.1, -0.05) is 30.1 Å². The minimum Gasteiger partial charge on any atom is -0.385 e. The van der Waals surface area contributed by atoms with Gasteiger partial charge in [0.1, 0.15) is 5.82 Å². The monoisotopic (exact) mass is 454 g/mol. The molecule has 0 atom stereocenters. The highest BCUT2D eigenvalue weighted by Gasteiger charge is 2.36. The van der Waals surface area contributed by atoms with Crippen LogP contribution in [-0.4, -0.2) is 61.5 Å². The molecule has 164 valence electrons. The third-order valence-electron chi connectivity index (χ3n) is 5.32. The third-order valence-corrected chi connectivity index (χ3v) is 5.85. The van der Waals surface area contributed by atoms with Crippen molar-refractivity contribution in [3.8, 4) is 0 Å². The van der Waals surface area contributed by atoms with Gasteiger partial charge in [0.25, 0.3) is 5.91 Å². The number of imidazole rings is 1. The van der Waals surface area contributed by atoms with Crippen molar-refractivity contribution in [2.45, 2.75) is 32.2 Å². The number of anilines is 2. The molecule has 0 aliphatic carbocycles. The van der Waals surface area contributed by atoms with Crippen LogP contribution in [0, 0.1) is 0 Å². The molecule has 1 aromatic heterocycles. The molecule has 0 spiro atoms. The number of nitrogens with zero attached hydrogens (tertiary/aromatic N) is 4. The van der Waals surface area contributed by atoms with E-state index >= 15 is 0 Å². The Morgan fingerprint density at radius 1 is 1.17 bits per heavy atom. The first-order chi connectivity index (χ1) is 14.4. The van der Waals surface area contributed by atoms with E-state index in [9.17, 15) is 4.79 Å². The molecule has 7 nitrogen and oxygen atoms in total. The number of benzene rings is 1. The molecule has 0 saturated carbocycles. The van der Waals surface area contributed by atoms with Gasteiger partial charge in [-0.2, -0.15) is 0 Å². The van der Waals surface area contributed by atoms with E-state index in [1.807, 2.05) is 17.9 Å². The molecule has 9 heteroatoms. The lowest BCUT2D eigenvalue weighted by atomic mass is 10.1. The number of hydrogen-bond donors (Lipinski definition) is 0. The average Bonchev–Trinajstić information content (AvgIpc) is 3.11. The van der Waals surface area contributed by atoms with Crippen LogP contribution in [-0.2, 0) is 15.9 Å². The second-order valence-corrected chi connectivity index (χ2v) is 8.15. The Balaban J connectivity index is 2.15. The van der Waals surface area contributed by atoms with E-state index in [2.05, 4.69) is 4.57 Å². The van der Waals surface area contributed by atoms with Gasteiger partial charge in [-0.25, -0.2) is 4.98 Å². The molecule has 1 aromatic carbocycles. The number of aromatic nitrogens is 2. The first kappa shape index (κ1) is 22.9. The van der Waals surface area contributed by atoms with Crippen LogP contribution < -0.4 is 4.90 Å². The van der Waals surface area contributed by atoms with Gasteiger partial charge >= 0.3 is 0 Å². The Bertz CT molecular complexity index is 895. The van der Waals surface area contributed by atoms with Gasteiger partial charge in [0, 0.05) is 52.0 Å². The predicted molar refractivity (Wildman–Crippen MR) is 119 cm³/mol. The van der Waals surface area contributed by atoms with Crippen molar-refractivity contribution >= 4 is 40.6 Å². The van der Waals surface area contributed by atoms with Crippen molar-refractivity contribution in [2.24, 2.45) is 0 Å². The number of hydrogen-bond acceptors (Lipinski definition) is 5. The normalized spacial score (nSPS) is 14.0. The summed E-state index contributed by atoms with van der Waals surface area (Å²) in [6, 6.07) is 5.38. The number of halogens is 2. The van der Waals surface area contributed by atoms with Crippen LogP contribution in [0.3, 0.4) is 0 Å². The zero-order valence-electron chi connectivity index (χ0n) is 17.8. The third kappa shape index (κ3) is 4.44. The summed E-state index contributed by atoms with van der Waals surface area (Å²) in [6.45, 7) is 3.57. The minimum absolute atomic E-state index is 0.0362. The van der Waals surface area contributed by atoms with Crippen molar-refractivity contribution in [1.29, 1.82) is 0 Å². The highest BCUT2D eigenvalue weighted by atomic mass is 35.5. The lowest BCUT2D eigenvalue weighted by molar-refractivity contribution is 0.0767. The van der Waals surface area contributed by atoms with E-state index in [1.165, 1.54) is 0 Å². The van der Waals surface area contributed by atoms with E-state index in [-0.39, 0.29) is 11.9 Å². The summed E-state index contributed by atoms with van der Waals surface area (Å²) in [6.07, 6.45) is 2.21. The maximum atomic E-state index is 13.3. The molecule has 3 rings (SSSR count). The summed E-state index contributed by atoms with van der Waals surface area (Å²) in [5.74, 6) is 1.42. The molecule has 2 aromatic rings. The van der Waals surface area contributed by atoms with Gasteiger partial charge in [0.2, 0.25) is 0 Å². The Hall–Kier alpha value is -1.80. The van der Waals surface area contributed by atoms with Crippen molar-refractivity contribution in [2.75, 3.05) is 46.0 Å². The van der Waals surface area contributed by atoms with Gasteiger partial charge in [0.05, 0.1) is 17.4 Å². The first-order valence-corrected chi connectivity index (χ1v) is 10.8. The van der Waals surface area contributed by atoms with Crippen LogP contribution >= 0.6 is 23.2 Å². The van der Waals surface area contributed by atoms with Crippen LogP contribution in [0.1, 0.15) is 42.1 Å². The molecule has 30 heavy (non-hydrogen) atoms. The van der Waals surface area contributed by atoms with Gasteiger partial charge in [-0.3, -0.25) is 4.79 Å². The van der Waals surface area contributed by atoms with Crippen molar-refractivity contribution < 1.29 is 14.3 Å². The van der Waals surface area contributed by atoms with Crippen LogP contribution in [0.5, 0.6) is 0 Å². The second-order valence-electron chi connectivity index (χ2n) is 7.31. The standard InChI is InChI=1S/C21H28Cl2N4O3/c1-5-18-24-20-19(27(18)15(8-10-29-3)9-11-30-4)21(28)25(2)13-26(20)17-7-6-14(22)12-16(17)23/h6-7,12,15H,5,8-11,13H2,1-4H3. The second kappa shape index (κ2) is 10.0. The number of fused-ring (bicyclic) bond motifs is 1. The number of methoxy groups -OCH3 is 2. The number of amides is 1. The summed E-state index contributed by atoms with van der Waals surface area (Å²) < 4.78 is 12.7. The van der Waals surface area contributed by atoms with Crippen LogP contribution in [0.4, 0.5) is 11.5 Å². The number of aryl methyl sites for hydroxylation is 1. The molecule has 1 aliphatic heterocycles. The predicted octanol–water partition coefficient (Wildman–Crippen LogP) is 4.55. The molecule has 0 saturated heterocycles. The minimum atomic E-state index is -0.0571. The van der Waals surface area contributed by atoms with Crippen molar-refractivity contribution in [1.82, 2.24) is 14.5 Å². The lowest BCUT2D eigenvalue weighted by Gasteiger charge is -2.35. The van der Waals surface area contributed by atoms with Gasteiger partial charge < -0.3 is 23.8 Å². The maximum Gasteiger partial charge on any atom is 0.275 e. The maximum absolute atomic E-state index is 13.3. The Morgan fingerprint density at radius 2 is 1.83 bits per heavy atom. The molecule has 0 bridgehead atoms. The molecule has 1 amide bonds. The number of carbonyl (C=O) groups excluding carboxylic acids is 1. The first-order valence-electron chi connectivity index (χ1n) is 9.99. The molecule has 0 N–H and O–H groups in total. The smallest absolute Gasteiger partial charge is 0.275 e. The molecule has 2 heterocycles. The number of rotatable bonds is 9. The summed E-state index contributed by atoms with van der Waals surface area (Å²) in [7, 11) is 5.14. The zero-order chi connectivity index (χ0) is 21.8. The van der Waals surface area contributed by atoms with Crippen LogP contribution in [0.2, 0.25) is 10.0 Å². The summed E-state index contributed by atoms with van der Waals surface area (Å²) in [4.78, 5) is 21.8. The fourth-order valence-corrected chi connectivity index (χ4v) is 4.33. The molecule has 0 unspecified atom stereocenters.